The van der Waals surface area contributed by atoms with Crippen molar-refractivity contribution in [3.8, 4) is 0 Å². The Morgan fingerprint density at radius 3 is 2.50 bits per heavy atom. The SMILES string of the molecule is CCOC(=O)c1[nH]c(C)c(C(=O)O[C@H](C)c2ccccc2Cl)c1C. The van der Waals surface area contributed by atoms with Crippen molar-refractivity contribution in [1.82, 2.24) is 4.98 Å². The first-order chi connectivity index (χ1) is 11.4. The summed E-state index contributed by atoms with van der Waals surface area (Å²) in [6.45, 7) is 7.14. The zero-order chi connectivity index (χ0) is 17.9. The van der Waals surface area contributed by atoms with E-state index in [-0.39, 0.29) is 12.3 Å². The Labute approximate surface area is 145 Å². The van der Waals surface area contributed by atoms with E-state index in [1.165, 1.54) is 0 Å². The summed E-state index contributed by atoms with van der Waals surface area (Å²) in [6.07, 6.45) is -0.508. The summed E-state index contributed by atoms with van der Waals surface area (Å²) >= 11 is 6.13. The largest absolute Gasteiger partial charge is 0.461 e. The number of hydrogen-bond acceptors (Lipinski definition) is 4. The highest BCUT2D eigenvalue weighted by Crippen LogP contribution is 2.27. The Kier molecular flexibility index (Phi) is 5.67. The monoisotopic (exact) mass is 349 g/mol. The average Bonchev–Trinajstić information content (AvgIpc) is 2.82. The van der Waals surface area contributed by atoms with Gasteiger partial charge >= 0.3 is 11.9 Å². The molecule has 0 saturated heterocycles. The Bertz CT molecular complexity index is 766. The van der Waals surface area contributed by atoms with Gasteiger partial charge in [-0.3, -0.25) is 0 Å². The third-order valence-corrected chi connectivity index (χ3v) is 4.09. The minimum Gasteiger partial charge on any atom is -0.461 e. The second kappa shape index (κ2) is 7.53. The predicted octanol–water partition coefficient (Wildman–Crippen LogP) is 4.38. The second-order valence-corrected chi connectivity index (χ2v) is 5.82. The number of nitrogens with one attached hydrogen (secondary N) is 1. The van der Waals surface area contributed by atoms with Crippen molar-refractivity contribution >= 4 is 23.5 Å². The maximum absolute atomic E-state index is 12.5. The molecule has 0 aliphatic rings. The molecule has 5 nitrogen and oxygen atoms in total. The lowest BCUT2D eigenvalue weighted by Crippen LogP contribution is -2.12. The van der Waals surface area contributed by atoms with E-state index < -0.39 is 18.0 Å². The van der Waals surface area contributed by atoms with E-state index >= 15 is 0 Å². The number of halogens is 1. The number of rotatable bonds is 5. The molecule has 0 spiro atoms. The number of hydrogen-bond donors (Lipinski definition) is 1. The van der Waals surface area contributed by atoms with Gasteiger partial charge in [-0.25, -0.2) is 9.59 Å². The average molecular weight is 350 g/mol. The molecule has 0 bridgehead atoms. The molecule has 0 saturated carbocycles. The highest BCUT2D eigenvalue weighted by Gasteiger charge is 2.25. The van der Waals surface area contributed by atoms with Crippen LogP contribution in [0, 0.1) is 13.8 Å². The number of aryl methyl sites for hydroxylation is 1. The van der Waals surface area contributed by atoms with Crippen LogP contribution in [0.1, 0.15) is 57.6 Å². The molecule has 0 amide bonds. The van der Waals surface area contributed by atoms with E-state index in [2.05, 4.69) is 4.98 Å². The number of H-pyrrole nitrogens is 1. The number of esters is 2. The van der Waals surface area contributed by atoms with Crippen molar-refractivity contribution in [2.24, 2.45) is 0 Å². The first-order valence-electron chi connectivity index (χ1n) is 7.68. The summed E-state index contributed by atoms with van der Waals surface area (Å²) in [6, 6.07) is 7.19. The molecule has 2 aromatic rings. The van der Waals surface area contributed by atoms with Crippen LogP contribution in [0.2, 0.25) is 5.02 Å². The smallest absolute Gasteiger partial charge is 0.355 e. The minimum absolute atomic E-state index is 0.264. The van der Waals surface area contributed by atoms with Gasteiger partial charge in [0.15, 0.2) is 0 Å². The molecule has 0 fully saturated rings. The van der Waals surface area contributed by atoms with Crippen LogP contribution in [-0.2, 0) is 9.47 Å². The lowest BCUT2D eigenvalue weighted by atomic mass is 10.1. The fraction of sp³-hybridized carbons (Fsp3) is 0.333. The Morgan fingerprint density at radius 2 is 1.88 bits per heavy atom. The van der Waals surface area contributed by atoms with E-state index in [1.54, 1.807) is 39.8 Å². The van der Waals surface area contributed by atoms with Crippen molar-refractivity contribution in [1.29, 1.82) is 0 Å². The van der Waals surface area contributed by atoms with Gasteiger partial charge in [-0.15, -0.1) is 0 Å². The van der Waals surface area contributed by atoms with Crippen LogP contribution in [-0.4, -0.2) is 23.5 Å². The van der Waals surface area contributed by atoms with Crippen LogP contribution in [0.4, 0.5) is 0 Å². The van der Waals surface area contributed by atoms with Crippen molar-refractivity contribution in [3.63, 3.8) is 0 Å². The predicted molar refractivity (Wildman–Crippen MR) is 91.5 cm³/mol. The molecular weight excluding hydrogens is 330 g/mol. The summed E-state index contributed by atoms with van der Waals surface area (Å²) in [5, 5.41) is 0.535. The summed E-state index contributed by atoms with van der Waals surface area (Å²) in [7, 11) is 0. The third kappa shape index (κ3) is 3.62. The van der Waals surface area contributed by atoms with Crippen molar-refractivity contribution in [2.45, 2.75) is 33.8 Å². The summed E-state index contributed by atoms with van der Waals surface area (Å²) in [4.78, 5) is 27.4. The molecule has 1 aromatic carbocycles. The molecule has 1 N–H and O–H groups in total. The number of benzene rings is 1. The lowest BCUT2D eigenvalue weighted by molar-refractivity contribution is 0.0336. The summed E-state index contributed by atoms with van der Waals surface area (Å²) < 4.78 is 10.5. The van der Waals surface area contributed by atoms with E-state index in [9.17, 15) is 9.59 Å². The molecule has 0 aliphatic carbocycles. The van der Waals surface area contributed by atoms with Crippen molar-refractivity contribution in [2.75, 3.05) is 6.61 Å². The number of aromatic amines is 1. The van der Waals surface area contributed by atoms with E-state index in [0.717, 1.165) is 5.56 Å². The van der Waals surface area contributed by atoms with Crippen molar-refractivity contribution in [3.05, 3.63) is 57.4 Å². The van der Waals surface area contributed by atoms with Gasteiger partial charge in [-0.1, -0.05) is 29.8 Å². The lowest BCUT2D eigenvalue weighted by Gasteiger charge is -2.15. The topological polar surface area (TPSA) is 68.4 Å². The molecular formula is C18H20ClNO4. The minimum atomic E-state index is -0.510. The maximum Gasteiger partial charge on any atom is 0.355 e. The van der Waals surface area contributed by atoms with Crippen LogP contribution in [0.25, 0.3) is 0 Å². The summed E-state index contributed by atoms with van der Waals surface area (Å²) in [5.41, 5.74) is 2.42. The Balaban J connectivity index is 2.24. The van der Waals surface area contributed by atoms with Crippen molar-refractivity contribution < 1.29 is 19.1 Å². The normalized spacial score (nSPS) is 11.9. The number of aromatic nitrogens is 1. The van der Waals surface area contributed by atoms with Gasteiger partial charge in [0.05, 0.1) is 12.2 Å². The van der Waals surface area contributed by atoms with Gasteiger partial charge in [0, 0.05) is 16.3 Å². The first-order valence-corrected chi connectivity index (χ1v) is 8.06. The molecule has 0 aliphatic heterocycles. The number of carbonyl (C=O) groups is 2. The van der Waals surface area contributed by atoms with Gasteiger partial charge in [0.25, 0.3) is 0 Å². The van der Waals surface area contributed by atoms with Crippen LogP contribution < -0.4 is 0 Å². The quantitative estimate of drug-likeness (QED) is 0.813. The van der Waals surface area contributed by atoms with E-state index in [4.69, 9.17) is 21.1 Å². The van der Waals surface area contributed by atoms with Gasteiger partial charge in [0.1, 0.15) is 11.8 Å². The van der Waals surface area contributed by atoms with Gasteiger partial charge in [0.2, 0.25) is 0 Å². The highest BCUT2D eigenvalue weighted by molar-refractivity contribution is 6.31. The van der Waals surface area contributed by atoms with Crippen LogP contribution in [0.15, 0.2) is 24.3 Å². The zero-order valence-corrected chi connectivity index (χ0v) is 14.9. The fourth-order valence-corrected chi connectivity index (χ4v) is 2.84. The molecule has 24 heavy (non-hydrogen) atoms. The molecule has 0 unspecified atom stereocenters. The Hall–Kier alpha value is -2.27. The zero-order valence-electron chi connectivity index (χ0n) is 14.1. The Morgan fingerprint density at radius 1 is 1.21 bits per heavy atom. The van der Waals surface area contributed by atoms with Crippen LogP contribution in [0.3, 0.4) is 0 Å². The molecule has 2 rings (SSSR count). The highest BCUT2D eigenvalue weighted by atomic mass is 35.5. The van der Waals surface area contributed by atoms with Gasteiger partial charge < -0.3 is 14.5 Å². The van der Waals surface area contributed by atoms with E-state index in [1.807, 2.05) is 12.1 Å². The fourth-order valence-electron chi connectivity index (χ4n) is 2.55. The molecule has 1 aromatic heterocycles. The first kappa shape index (κ1) is 18.1. The summed E-state index contributed by atoms with van der Waals surface area (Å²) in [5.74, 6) is -1.000. The van der Waals surface area contributed by atoms with Gasteiger partial charge in [-0.2, -0.15) is 0 Å². The molecule has 1 heterocycles. The molecule has 0 radical (unpaired) electrons. The number of ether oxygens (including phenoxy) is 2. The van der Waals surface area contributed by atoms with Crippen LogP contribution in [0.5, 0.6) is 0 Å². The second-order valence-electron chi connectivity index (χ2n) is 5.41. The molecule has 6 heteroatoms. The van der Waals surface area contributed by atoms with Crippen LogP contribution >= 0.6 is 11.6 Å². The standard InChI is InChI=1S/C18H20ClNO4/c1-5-23-18(22)16-10(2)15(11(3)20-16)17(21)24-12(4)13-8-6-7-9-14(13)19/h6-9,12,20H,5H2,1-4H3/t12-/m1/s1. The third-order valence-electron chi connectivity index (χ3n) is 3.75. The van der Waals surface area contributed by atoms with E-state index in [0.29, 0.717) is 21.8 Å². The maximum atomic E-state index is 12.5. The molecule has 1 atom stereocenters. The van der Waals surface area contributed by atoms with Gasteiger partial charge in [-0.05, 0) is 39.3 Å². The number of carbonyl (C=O) groups excluding carboxylic acids is 2. The molecule has 128 valence electrons.